The molecule has 0 saturated carbocycles. The molecular formula is C11H16N2O4. The lowest BCUT2D eigenvalue weighted by atomic mass is 10.2. The molecule has 0 aliphatic carbocycles. The van der Waals surface area contributed by atoms with Gasteiger partial charge in [0.25, 0.3) is 0 Å². The molecule has 6 nitrogen and oxygen atoms in total. The second-order valence-corrected chi connectivity index (χ2v) is 3.55. The van der Waals surface area contributed by atoms with E-state index >= 15 is 0 Å². The van der Waals surface area contributed by atoms with Gasteiger partial charge in [-0.05, 0) is 19.8 Å². The first-order chi connectivity index (χ1) is 8.15. The van der Waals surface area contributed by atoms with Crippen LogP contribution in [-0.2, 0) is 16.1 Å². The van der Waals surface area contributed by atoms with Gasteiger partial charge < -0.3 is 4.74 Å². The van der Waals surface area contributed by atoms with E-state index in [2.05, 4.69) is 14.4 Å². The van der Waals surface area contributed by atoms with Crippen LogP contribution in [0, 0.1) is 6.92 Å². The van der Waals surface area contributed by atoms with E-state index in [-0.39, 0.29) is 5.97 Å². The van der Waals surface area contributed by atoms with E-state index in [0.29, 0.717) is 18.8 Å². The van der Waals surface area contributed by atoms with Crippen LogP contribution in [0.25, 0.3) is 0 Å². The molecule has 0 bridgehead atoms. The fourth-order valence-corrected chi connectivity index (χ4v) is 1.31. The lowest BCUT2D eigenvalue weighted by Gasteiger charge is -1.96. The monoisotopic (exact) mass is 240 g/mol. The van der Waals surface area contributed by atoms with E-state index in [1.807, 2.05) is 12.2 Å². The number of rotatable bonds is 6. The molecule has 0 fully saturated rings. The Morgan fingerprint density at radius 2 is 2.29 bits per heavy atom. The molecule has 0 N–H and O–H groups in total. The number of carbonyl (C=O) groups excluding carboxylic acids is 1. The SMILES string of the molecule is COC(=O)CCCC=CCn1c(C)noc1=O. The highest BCUT2D eigenvalue weighted by molar-refractivity contribution is 5.68. The van der Waals surface area contributed by atoms with Crippen molar-refractivity contribution in [3.05, 3.63) is 28.5 Å². The van der Waals surface area contributed by atoms with Crippen LogP contribution >= 0.6 is 0 Å². The van der Waals surface area contributed by atoms with Crippen molar-refractivity contribution in [1.82, 2.24) is 9.72 Å². The summed E-state index contributed by atoms with van der Waals surface area (Å²) < 4.78 is 10.4. The molecule has 1 heterocycles. The predicted molar refractivity (Wildman–Crippen MR) is 60.5 cm³/mol. The second-order valence-electron chi connectivity index (χ2n) is 3.55. The van der Waals surface area contributed by atoms with Gasteiger partial charge in [0.1, 0.15) is 0 Å². The van der Waals surface area contributed by atoms with Crippen molar-refractivity contribution >= 4 is 5.97 Å². The zero-order valence-electron chi connectivity index (χ0n) is 10.0. The van der Waals surface area contributed by atoms with Crippen LogP contribution in [0.1, 0.15) is 25.1 Å². The van der Waals surface area contributed by atoms with Crippen molar-refractivity contribution in [3.63, 3.8) is 0 Å². The Morgan fingerprint density at radius 1 is 1.53 bits per heavy atom. The van der Waals surface area contributed by atoms with Gasteiger partial charge in [-0.25, -0.2) is 4.79 Å². The van der Waals surface area contributed by atoms with Crippen LogP contribution in [0.4, 0.5) is 0 Å². The fourth-order valence-electron chi connectivity index (χ4n) is 1.31. The Labute approximate surface area is 98.9 Å². The molecule has 94 valence electrons. The number of aromatic nitrogens is 2. The molecule has 6 heteroatoms. The lowest BCUT2D eigenvalue weighted by molar-refractivity contribution is -0.140. The van der Waals surface area contributed by atoms with E-state index in [1.165, 1.54) is 11.7 Å². The molecule has 17 heavy (non-hydrogen) atoms. The summed E-state index contributed by atoms with van der Waals surface area (Å²) in [7, 11) is 1.37. The van der Waals surface area contributed by atoms with E-state index in [1.54, 1.807) is 6.92 Å². The van der Waals surface area contributed by atoms with Gasteiger partial charge >= 0.3 is 11.7 Å². The summed E-state index contributed by atoms with van der Waals surface area (Å²) >= 11 is 0. The quantitative estimate of drug-likeness (QED) is 0.422. The minimum absolute atomic E-state index is 0.204. The third-order valence-electron chi connectivity index (χ3n) is 2.30. The van der Waals surface area contributed by atoms with E-state index in [0.717, 1.165) is 12.8 Å². The number of aryl methyl sites for hydroxylation is 1. The van der Waals surface area contributed by atoms with Gasteiger partial charge in [0, 0.05) is 13.0 Å². The third kappa shape index (κ3) is 4.26. The molecule has 0 amide bonds. The minimum Gasteiger partial charge on any atom is -0.469 e. The third-order valence-corrected chi connectivity index (χ3v) is 2.30. The number of methoxy groups -OCH3 is 1. The maximum atomic E-state index is 11.1. The van der Waals surface area contributed by atoms with Crippen molar-refractivity contribution in [1.29, 1.82) is 0 Å². The lowest BCUT2D eigenvalue weighted by Crippen LogP contribution is -2.14. The smallest absolute Gasteiger partial charge is 0.441 e. The molecule has 0 aromatic carbocycles. The summed E-state index contributed by atoms with van der Waals surface area (Å²) in [4.78, 5) is 21.9. The summed E-state index contributed by atoms with van der Waals surface area (Å²) in [6.45, 7) is 2.14. The molecule has 1 rings (SSSR count). The van der Waals surface area contributed by atoms with Crippen LogP contribution in [0.15, 0.2) is 21.5 Å². The van der Waals surface area contributed by atoms with Crippen molar-refractivity contribution in [3.8, 4) is 0 Å². The fraction of sp³-hybridized carbons (Fsp3) is 0.545. The highest BCUT2D eigenvalue weighted by atomic mass is 16.5. The first-order valence-electron chi connectivity index (χ1n) is 5.40. The minimum atomic E-state index is -0.457. The van der Waals surface area contributed by atoms with Crippen molar-refractivity contribution < 1.29 is 14.1 Å². The van der Waals surface area contributed by atoms with E-state index in [4.69, 9.17) is 0 Å². The Balaban J connectivity index is 2.27. The first-order valence-corrected chi connectivity index (χ1v) is 5.40. The molecule has 0 aliphatic heterocycles. The summed E-state index contributed by atoms with van der Waals surface area (Å²) in [6, 6.07) is 0. The number of esters is 1. The van der Waals surface area contributed by atoms with Crippen LogP contribution in [0.2, 0.25) is 0 Å². The average molecular weight is 240 g/mol. The van der Waals surface area contributed by atoms with Crippen molar-refractivity contribution in [2.75, 3.05) is 7.11 Å². The Kier molecular flexibility index (Phi) is 5.19. The van der Waals surface area contributed by atoms with Crippen molar-refractivity contribution in [2.24, 2.45) is 0 Å². The summed E-state index contributed by atoms with van der Waals surface area (Å²) in [6.07, 6.45) is 5.69. The van der Waals surface area contributed by atoms with E-state index in [9.17, 15) is 9.59 Å². The Morgan fingerprint density at radius 3 is 2.88 bits per heavy atom. The van der Waals surface area contributed by atoms with Gasteiger partial charge in [-0.3, -0.25) is 13.9 Å². The van der Waals surface area contributed by atoms with Crippen LogP contribution in [-0.4, -0.2) is 22.8 Å². The van der Waals surface area contributed by atoms with Gasteiger partial charge in [-0.2, -0.15) is 0 Å². The first kappa shape index (κ1) is 13.2. The number of carbonyl (C=O) groups is 1. The largest absolute Gasteiger partial charge is 0.469 e. The molecule has 0 radical (unpaired) electrons. The van der Waals surface area contributed by atoms with Gasteiger partial charge in [0.2, 0.25) is 0 Å². The van der Waals surface area contributed by atoms with E-state index < -0.39 is 5.76 Å². The summed E-state index contributed by atoms with van der Waals surface area (Å²) in [5.41, 5.74) is 0. The number of hydrogen-bond donors (Lipinski definition) is 0. The van der Waals surface area contributed by atoms with Crippen LogP contribution in [0.3, 0.4) is 0 Å². The topological polar surface area (TPSA) is 74.3 Å². The molecule has 0 spiro atoms. The van der Waals surface area contributed by atoms with Gasteiger partial charge in [-0.15, -0.1) is 0 Å². The summed E-state index contributed by atoms with van der Waals surface area (Å²) in [5, 5.41) is 3.55. The molecular weight excluding hydrogens is 224 g/mol. The van der Waals surface area contributed by atoms with Crippen LogP contribution in [0.5, 0.6) is 0 Å². The average Bonchev–Trinajstić information content (AvgIpc) is 2.64. The van der Waals surface area contributed by atoms with Crippen LogP contribution < -0.4 is 5.76 Å². The number of unbranched alkanes of at least 4 members (excludes halogenated alkanes) is 1. The predicted octanol–water partition coefficient (Wildman–Crippen LogP) is 1.04. The number of hydrogen-bond acceptors (Lipinski definition) is 5. The molecule has 0 saturated heterocycles. The number of ether oxygens (including phenoxy) is 1. The number of allylic oxidation sites excluding steroid dienone is 2. The second kappa shape index (κ2) is 6.67. The highest BCUT2D eigenvalue weighted by Gasteiger charge is 2.02. The summed E-state index contributed by atoms with van der Waals surface area (Å²) in [5.74, 6) is -0.111. The standard InChI is InChI=1S/C11H16N2O4/c1-9-12-17-11(15)13(9)8-6-4-3-5-7-10(14)16-2/h4,6H,3,5,7-8H2,1-2H3. The maximum absolute atomic E-state index is 11.1. The molecule has 1 aromatic heterocycles. The highest BCUT2D eigenvalue weighted by Crippen LogP contribution is 1.99. The number of nitrogens with zero attached hydrogens (tertiary/aromatic N) is 2. The molecule has 0 aliphatic rings. The maximum Gasteiger partial charge on any atom is 0.441 e. The normalized spacial score (nSPS) is 10.9. The molecule has 0 atom stereocenters. The Bertz CT molecular complexity index is 445. The van der Waals surface area contributed by atoms with Crippen molar-refractivity contribution in [2.45, 2.75) is 32.7 Å². The van der Waals surface area contributed by atoms with Gasteiger partial charge in [0.15, 0.2) is 5.82 Å². The zero-order valence-corrected chi connectivity index (χ0v) is 10.0. The van der Waals surface area contributed by atoms with Gasteiger partial charge in [-0.1, -0.05) is 17.3 Å². The molecule has 0 unspecified atom stereocenters. The zero-order chi connectivity index (χ0) is 12.7. The van der Waals surface area contributed by atoms with Gasteiger partial charge in [0.05, 0.1) is 7.11 Å². The Hall–Kier alpha value is -1.85. The molecule has 1 aromatic rings.